The van der Waals surface area contributed by atoms with Gasteiger partial charge < -0.3 is 64.2 Å². The largest absolute Gasteiger partial charge is 0.457 e. The zero-order valence-corrected chi connectivity index (χ0v) is 45.5. The lowest BCUT2D eigenvalue weighted by atomic mass is 9.98. The lowest BCUT2D eigenvalue weighted by Gasteiger charge is -2.42. The summed E-state index contributed by atoms with van der Waals surface area (Å²) in [5.74, 6) is -0.392. The molecule has 0 saturated carbocycles. The fraction of sp³-hybridized carbons (Fsp3) is 0.750. The van der Waals surface area contributed by atoms with Crippen LogP contribution in [0.1, 0.15) is 187 Å². The van der Waals surface area contributed by atoms with Crippen molar-refractivity contribution in [3.05, 3.63) is 85.1 Å². The lowest BCUT2D eigenvalue weighted by Crippen LogP contribution is -2.61. The second-order valence-corrected chi connectivity index (χ2v) is 19.7. The fourth-order valence-electron chi connectivity index (χ4n) is 8.52. The number of allylic oxidation sites excluding steroid dienone is 14. The first-order valence-electron chi connectivity index (χ1n) is 28.7. The summed E-state index contributed by atoms with van der Waals surface area (Å²) in [5.41, 5.74) is 0. The van der Waals surface area contributed by atoms with Gasteiger partial charge in [0.15, 0.2) is 12.6 Å². The van der Waals surface area contributed by atoms with E-state index in [9.17, 15) is 40.5 Å². The average Bonchev–Trinajstić information content (AvgIpc) is 3.40. The Bertz CT molecular complexity index is 1540. The van der Waals surface area contributed by atoms with Gasteiger partial charge in [-0.25, -0.2) is 0 Å². The van der Waals surface area contributed by atoms with E-state index < -0.39 is 86.7 Å². The maximum absolute atomic E-state index is 13.0. The highest BCUT2D eigenvalue weighted by Crippen LogP contribution is 2.26. The summed E-state index contributed by atoms with van der Waals surface area (Å²) in [4.78, 5) is 13.0. The van der Waals surface area contributed by atoms with Crippen LogP contribution in [-0.2, 0) is 33.2 Å². The molecule has 2 aliphatic rings. The Morgan fingerprint density at radius 2 is 0.878 bits per heavy atom. The Morgan fingerprint density at radius 3 is 1.39 bits per heavy atom. The first-order chi connectivity index (χ1) is 36.1. The van der Waals surface area contributed by atoms with Gasteiger partial charge in [0, 0.05) is 13.0 Å². The van der Waals surface area contributed by atoms with Crippen LogP contribution in [0.4, 0.5) is 0 Å². The molecule has 7 N–H and O–H groups in total. The van der Waals surface area contributed by atoms with Crippen molar-refractivity contribution in [1.29, 1.82) is 0 Å². The molecule has 0 aromatic carbocycles. The van der Waals surface area contributed by atoms with Gasteiger partial charge in [-0.15, -0.1) is 0 Å². The Kier molecular flexibility index (Phi) is 42.1. The number of hydrogen-bond acceptors (Lipinski definition) is 14. The summed E-state index contributed by atoms with van der Waals surface area (Å²) in [6.45, 7) is 3.51. The quantitative estimate of drug-likeness (QED) is 0.0172. The zero-order chi connectivity index (χ0) is 53.7. The predicted molar refractivity (Wildman–Crippen MR) is 293 cm³/mol. The number of hydrogen-bond donors (Lipinski definition) is 7. The molecule has 0 spiro atoms. The SMILES string of the molecule is CC/C=C\C/C=C\C/C=C\C/C=C\C/C=C\C/C=C\CCCCCCCCCOCC(COC1OC(COC2OC(CO)C(O)C(O)C2O)C(O)C(O)C1O)OC(=O)CCCCCCC/C=C\CCCCCCC. The van der Waals surface area contributed by atoms with Crippen molar-refractivity contribution < 1.29 is 69.0 Å². The number of esters is 1. The molecule has 0 aromatic heterocycles. The van der Waals surface area contributed by atoms with Crippen molar-refractivity contribution in [1.82, 2.24) is 0 Å². The first-order valence-corrected chi connectivity index (χ1v) is 28.7. The number of ether oxygens (including phenoxy) is 6. The molecular formula is C60H102O14. The third kappa shape index (κ3) is 32.7. The minimum absolute atomic E-state index is 0.0459. The van der Waals surface area contributed by atoms with E-state index in [4.69, 9.17) is 28.4 Å². The molecule has 14 heteroatoms. The van der Waals surface area contributed by atoms with Crippen molar-refractivity contribution in [2.24, 2.45) is 0 Å². The summed E-state index contributed by atoms with van der Waals surface area (Å²) in [7, 11) is 0. The normalized spacial score (nSPS) is 25.4. The van der Waals surface area contributed by atoms with E-state index in [0.29, 0.717) is 13.0 Å². The molecule has 74 heavy (non-hydrogen) atoms. The van der Waals surface area contributed by atoms with E-state index in [1.807, 2.05) is 0 Å². The van der Waals surface area contributed by atoms with Crippen molar-refractivity contribution in [2.45, 2.75) is 255 Å². The van der Waals surface area contributed by atoms with E-state index in [2.05, 4.69) is 98.9 Å². The van der Waals surface area contributed by atoms with Crippen LogP contribution < -0.4 is 0 Å². The summed E-state index contributed by atoms with van der Waals surface area (Å²) in [6, 6.07) is 0. The van der Waals surface area contributed by atoms with Gasteiger partial charge in [0.25, 0.3) is 0 Å². The third-order valence-electron chi connectivity index (χ3n) is 13.1. The summed E-state index contributed by atoms with van der Waals surface area (Å²) in [6.07, 6.45) is 43.6. The molecule has 2 aliphatic heterocycles. The zero-order valence-electron chi connectivity index (χ0n) is 45.5. The fourth-order valence-corrected chi connectivity index (χ4v) is 8.52. The minimum Gasteiger partial charge on any atom is -0.457 e. The van der Waals surface area contributed by atoms with Gasteiger partial charge in [0.2, 0.25) is 0 Å². The van der Waals surface area contributed by atoms with Crippen LogP contribution in [0, 0.1) is 0 Å². The van der Waals surface area contributed by atoms with Crippen LogP contribution in [-0.4, -0.2) is 142 Å². The van der Waals surface area contributed by atoms with Crippen molar-refractivity contribution in [3.63, 3.8) is 0 Å². The number of aliphatic hydroxyl groups excluding tert-OH is 7. The molecule has 426 valence electrons. The highest BCUT2D eigenvalue weighted by Gasteiger charge is 2.47. The predicted octanol–water partition coefficient (Wildman–Crippen LogP) is 10.0. The number of carbonyl (C=O) groups is 1. The molecule has 14 nitrogen and oxygen atoms in total. The maximum Gasteiger partial charge on any atom is 0.306 e. The van der Waals surface area contributed by atoms with Crippen molar-refractivity contribution in [2.75, 3.05) is 33.0 Å². The Balaban J connectivity index is 1.71. The molecule has 0 aliphatic carbocycles. The second kappa shape index (κ2) is 46.3. The Morgan fingerprint density at radius 1 is 0.459 bits per heavy atom. The van der Waals surface area contributed by atoms with Gasteiger partial charge >= 0.3 is 5.97 Å². The summed E-state index contributed by atoms with van der Waals surface area (Å²) >= 11 is 0. The molecule has 2 fully saturated rings. The van der Waals surface area contributed by atoms with E-state index in [1.165, 1.54) is 51.4 Å². The van der Waals surface area contributed by atoms with Crippen LogP contribution in [0.3, 0.4) is 0 Å². The van der Waals surface area contributed by atoms with E-state index in [1.54, 1.807) is 0 Å². The molecule has 11 atom stereocenters. The molecule has 2 heterocycles. The minimum atomic E-state index is -1.71. The third-order valence-corrected chi connectivity index (χ3v) is 13.1. The number of rotatable bonds is 45. The van der Waals surface area contributed by atoms with Crippen LogP contribution in [0.5, 0.6) is 0 Å². The average molecular weight is 1050 g/mol. The second-order valence-electron chi connectivity index (χ2n) is 19.7. The summed E-state index contributed by atoms with van der Waals surface area (Å²) < 4.78 is 34.3. The number of carbonyl (C=O) groups excluding carboxylic acids is 1. The maximum atomic E-state index is 13.0. The van der Waals surface area contributed by atoms with Crippen molar-refractivity contribution >= 4 is 5.97 Å². The van der Waals surface area contributed by atoms with Crippen molar-refractivity contribution in [3.8, 4) is 0 Å². The van der Waals surface area contributed by atoms with E-state index in [-0.39, 0.29) is 19.6 Å². The molecule has 0 aromatic rings. The molecule has 0 radical (unpaired) electrons. The smallest absolute Gasteiger partial charge is 0.306 e. The number of aliphatic hydroxyl groups is 7. The van der Waals surface area contributed by atoms with Crippen LogP contribution in [0.2, 0.25) is 0 Å². The van der Waals surface area contributed by atoms with Gasteiger partial charge in [-0.2, -0.15) is 0 Å². The van der Waals surface area contributed by atoms with Gasteiger partial charge in [0.05, 0.1) is 26.4 Å². The van der Waals surface area contributed by atoms with Gasteiger partial charge in [-0.05, 0) is 89.9 Å². The molecular weight excluding hydrogens is 945 g/mol. The number of unbranched alkanes of at least 4 members (excludes halogenated alkanes) is 17. The summed E-state index contributed by atoms with van der Waals surface area (Å²) in [5, 5.41) is 72.3. The topological polar surface area (TPSA) is 214 Å². The van der Waals surface area contributed by atoms with E-state index in [0.717, 1.165) is 109 Å². The van der Waals surface area contributed by atoms with Gasteiger partial charge in [0.1, 0.15) is 54.9 Å². The molecule has 0 bridgehead atoms. The first kappa shape index (κ1) is 67.3. The van der Waals surface area contributed by atoms with E-state index >= 15 is 0 Å². The van der Waals surface area contributed by atoms with Gasteiger partial charge in [-0.1, -0.05) is 176 Å². The molecule has 11 unspecified atom stereocenters. The van der Waals surface area contributed by atoms with Crippen LogP contribution in [0.25, 0.3) is 0 Å². The molecule has 0 amide bonds. The molecule has 2 rings (SSSR count). The van der Waals surface area contributed by atoms with Gasteiger partial charge in [-0.3, -0.25) is 4.79 Å². The molecule has 2 saturated heterocycles. The Hall–Kier alpha value is -2.83. The highest BCUT2D eigenvalue weighted by molar-refractivity contribution is 5.69. The Labute approximate surface area is 446 Å². The monoisotopic (exact) mass is 1050 g/mol. The van der Waals surface area contributed by atoms with Crippen LogP contribution >= 0.6 is 0 Å². The highest BCUT2D eigenvalue weighted by atomic mass is 16.7. The standard InChI is InChI=1S/C60H102O14/c1-3-5-7-9-11-13-15-17-19-20-21-22-23-24-25-26-27-28-29-30-32-34-36-38-40-42-44-69-46-49(72-52(62)43-41-39-37-35-33-31-18-16-14-12-10-8-6-4-2)47-70-59-58(68)56(66)54(64)51(74-59)48-71-60-57(67)55(65)53(63)50(45-61)73-60/h5,7,11,13,16-19,21-22,24-25,27-28,49-51,53-61,63-68H,3-4,6,8-10,12,14-15,20,23,26,29-48H2,1-2H3/b7-5-,13-11-,18-16-,19-17-,22-21-,25-24-,28-27-. The lowest BCUT2D eigenvalue weighted by molar-refractivity contribution is -0.332. The van der Waals surface area contributed by atoms with Crippen LogP contribution in [0.15, 0.2) is 85.1 Å².